The zero-order valence-electron chi connectivity index (χ0n) is 12.3. The smallest absolute Gasteiger partial charge is 0.214 e. The molecule has 1 aliphatic carbocycles. The Labute approximate surface area is 135 Å². The highest BCUT2D eigenvalue weighted by Gasteiger charge is 2.32. The van der Waals surface area contributed by atoms with Crippen molar-refractivity contribution >= 4 is 26.0 Å². The second kappa shape index (κ2) is 7.11. The number of nitrogens with one attached hydrogen (secondary N) is 1. The molecule has 0 amide bonds. The molecule has 0 aromatic heterocycles. The summed E-state index contributed by atoms with van der Waals surface area (Å²) in [5.74, 6) is 0.756. The van der Waals surface area contributed by atoms with Gasteiger partial charge >= 0.3 is 0 Å². The van der Waals surface area contributed by atoms with Gasteiger partial charge in [-0.2, -0.15) is 0 Å². The lowest BCUT2D eigenvalue weighted by molar-refractivity contribution is 0.169. The molecule has 1 atom stereocenters. The quantitative estimate of drug-likeness (QED) is 0.855. The van der Waals surface area contributed by atoms with Crippen molar-refractivity contribution in [2.24, 2.45) is 0 Å². The minimum Gasteiger partial charge on any atom is -0.488 e. The predicted octanol–water partition coefficient (Wildman–Crippen LogP) is 3.63. The van der Waals surface area contributed by atoms with Crippen LogP contribution in [0, 0.1) is 6.04 Å². The monoisotopic (exact) mass is 374 g/mol. The molecular formula is C15H21BrNO3S. The van der Waals surface area contributed by atoms with E-state index in [1.165, 1.54) is 0 Å². The molecule has 1 saturated carbocycles. The second-order valence-electron chi connectivity index (χ2n) is 5.53. The average Bonchev–Trinajstić information content (AvgIpc) is 2.43. The zero-order chi connectivity index (χ0) is 15.5. The average molecular weight is 375 g/mol. The van der Waals surface area contributed by atoms with E-state index in [1.54, 1.807) is 13.8 Å². The molecule has 6 heteroatoms. The van der Waals surface area contributed by atoms with E-state index in [1.807, 2.05) is 24.3 Å². The van der Waals surface area contributed by atoms with Gasteiger partial charge in [0.25, 0.3) is 0 Å². The Morgan fingerprint density at radius 3 is 2.52 bits per heavy atom. The summed E-state index contributed by atoms with van der Waals surface area (Å²) >= 11 is 3.39. The molecule has 1 aliphatic rings. The number of sulfonamides is 1. The molecule has 1 aromatic carbocycles. The lowest BCUT2D eigenvalue weighted by atomic mass is 9.93. The Balaban J connectivity index is 2.07. The van der Waals surface area contributed by atoms with Crippen molar-refractivity contribution < 1.29 is 13.2 Å². The van der Waals surface area contributed by atoms with Crippen molar-refractivity contribution in [3.05, 3.63) is 34.8 Å². The van der Waals surface area contributed by atoms with Crippen molar-refractivity contribution in [2.45, 2.75) is 50.9 Å². The van der Waals surface area contributed by atoms with E-state index >= 15 is 0 Å². The molecule has 0 heterocycles. The molecule has 21 heavy (non-hydrogen) atoms. The molecule has 0 saturated heterocycles. The highest BCUT2D eigenvalue weighted by molar-refractivity contribution is 9.10. The number of benzene rings is 1. The summed E-state index contributed by atoms with van der Waals surface area (Å²) in [5.41, 5.74) is 0. The predicted molar refractivity (Wildman–Crippen MR) is 87.5 cm³/mol. The maximum atomic E-state index is 12.0. The largest absolute Gasteiger partial charge is 0.488 e. The molecule has 1 aromatic rings. The molecular weight excluding hydrogens is 354 g/mol. The van der Waals surface area contributed by atoms with Gasteiger partial charge < -0.3 is 4.74 Å². The van der Waals surface area contributed by atoms with Crippen LogP contribution in [-0.4, -0.2) is 19.8 Å². The molecule has 0 unspecified atom stereocenters. The van der Waals surface area contributed by atoms with E-state index in [0.717, 1.165) is 41.9 Å². The summed E-state index contributed by atoms with van der Waals surface area (Å²) in [4.78, 5) is 0. The fourth-order valence-electron chi connectivity index (χ4n) is 2.21. The van der Waals surface area contributed by atoms with Crippen molar-refractivity contribution in [1.29, 1.82) is 0 Å². The topological polar surface area (TPSA) is 55.4 Å². The van der Waals surface area contributed by atoms with E-state index in [2.05, 4.69) is 20.7 Å². The van der Waals surface area contributed by atoms with E-state index < -0.39 is 15.3 Å². The van der Waals surface area contributed by atoms with Crippen LogP contribution in [0.25, 0.3) is 0 Å². The summed E-state index contributed by atoms with van der Waals surface area (Å²) in [5, 5.41) is -0.444. The van der Waals surface area contributed by atoms with Crippen LogP contribution in [0.3, 0.4) is 0 Å². The van der Waals surface area contributed by atoms with Crippen molar-refractivity contribution in [3.8, 4) is 5.75 Å². The van der Waals surface area contributed by atoms with Gasteiger partial charge in [-0.3, -0.25) is 0 Å². The summed E-state index contributed by atoms with van der Waals surface area (Å²) in [6, 6.07) is 8.37. The summed E-state index contributed by atoms with van der Waals surface area (Å²) in [6.45, 7) is 3.35. The molecule has 0 bridgehead atoms. The lowest BCUT2D eigenvalue weighted by Gasteiger charge is -2.32. The molecule has 117 valence electrons. The van der Waals surface area contributed by atoms with Crippen LogP contribution in [-0.2, 0) is 10.0 Å². The van der Waals surface area contributed by atoms with Gasteiger partial charge in [-0.25, -0.2) is 13.1 Å². The Kier molecular flexibility index (Phi) is 5.68. The van der Waals surface area contributed by atoms with E-state index in [0.29, 0.717) is 0 Å². The fraction of sp³-hybridized carbons (Fsp3) is 0.533. The van der Waals surface area contributed by atoms with Gasteiger partial charge in [-0.05, 0) is 57.4 Å². The lowest BCUT2D eigenvalue weighted by Crippen LogP contribution is -2.43. The number of hydrogen-bond donors (Lipinski definition) is 1. The van der Waals surface area contributed by atoms with Crippen LogP contribution in [0.1, 0.15) is 39.5 Å². The van der Waals surface area contributed by atoms with Crippen molar-refractivity contribution in [1.82, 2.24) is 4.72 Å². The number of hydrogen-bond acceptors (Lipinski definition) is 3. The van der Waals surface area contributed by atoms with Crippen LogP contribution in [0.15, 0.2) is 28.7 Å². The standard InChI is InChI=1S/C15H21BrNO3S/c1-11(2)21(18,19)17-14-5-3-4-6-15(14)20-13-9-7-12(16)8-10-13/h7-11,15,17H,3-6H2,1-2H3/t15-/m1/s1. The van der Waals surface area contributed by atoms with Gasteiger partial charge in [0.15, 0.2) is 0 Å². The van der Waals surface area contributed by atoms with E-state index in [9.17, 15) is 8.42 Å². The van der Waals surface area contributed by atoms with E-state index in [4.69, 9.17) is 4.74 Å². The Morgan fingerprint density at radius 2 is 1.90 bits per heavy atom. The third-order valence-corrected chi connectivity index (χ3v) is 5.85. The molecule has 4 nitrogen and oxygen atoms in total. The van der Waals surface area contributed by atoms with Gasteiger partial charge in [0, 0.05) is 4.47 Å². The number of halogens is 1. The first-order chi connectivity index (χ1) is 9.88. The molecule has 1 N–H and O–H groups in total. The van der Waals surface area contributed by atoms with Crippen LogP contribution >= 0.6 is 15.9 Å². The van der Waals surface area contributed by atoms with Gasteiger partial charge in [0.05, 0.1) is 11.3 Å². The summed E-state index contributed by atoms with van der Waals surface area (Å²) < 4.78 is 33.8. The molecule has 1 fully saturated rings. The van der Waals surface area contributed by atoms with Gasteiger partial charge in [0.1, 0.15) is 11.9 Å². The zero-order valence-corrected chi connectivity index (χ0v) is 14.7. The van der Waals surface area contributed by atoms with Gasteiger partial charge in [-0.15, -0.1) is 0 Å². The first-order valence-electron chi connectivity index (χ1n) is 7.18. The van der Waals surface area contributed by atoms with Crippen LogP contribution in [0.5, 0.6) is 5.75 Å². The molecule has 1 radical (unpaired) electrons. The molecule has 2 rings (SSSR count). The van der Waals surface area contributed by atoms with Crippen LogP contribution in [0.4, 0.5) is 0 Å². The number of rotatable bonds is 5. The first kappa shape index (κ1) is 16.8. The van der Waals surface area contributed by atoms with Gasteiger partial charge in [0.2, 0.25) is 10.0 Å². The maximum Gasteiger partial charge on any atom is 0.214 e. The fourth-order valence-corrected chi connectivity index (χ4v) is 3.30. The third kappa shape index (κ3) is 4.69. The van der Waals surface area contributed by atoms with E-state index in [-0.39, 0.29) is 6.10 Å². The molecule has 0 aliphatic heterocycles. The number of ether oxygens (including phenoxy) is 1. The summed E-state index contributed by atoms with van der Waals surface area (Å²) in [7, 11) is -3.30. The third-order valence-electron chi connectivity index (χ3n) is 3.54. The van der Waals surface area contributed by atoms with Crippen LogP contribution < -0.4 is 9.46 Å². The Morgan fingerprint density at radius 1 is 1.24 bits per heavy atom. The van der Waals surface area contributed by atoms with Gasteiger partial charge in [-0.1, -0.05) is 22.4 Å². The minimum absolute atomic E-state index is 0.187. The first-order valence-corrected chi connectivity index (χ1v) is 9.52. The summed E-state index contributed by atoms with van der Waals surface area (Å²) in [6.07, 6.45) is 3.44. The maximum absolute atomic E-state index is 12.0. The van der Waals surface area contributed by atoms with Crippen LogP contribution in [0.2, 0.25) is 0 Å². The second-order valence-corrected chi connectivity index (χ2v) is 8.68. The Hall–Kier alpha value is -0.590. The van der Waals surface area contributed by atoms with Crippen molar-refractivity contribution in [2.75, 3.05) is 0 Å². The normalized spacial score (nSPS) is 20.7. The highest BCUT2D eigenvalue weighted by atomic mass is 79.9. The molecule has 0 spiro atoms. The Bertz CT molecular complexity index is 557. The minimum atomic E-state index is -3.30. The highest BCUT2D eigenvalue weighted by Crippen LogP contribution is 2.29. The van der Waals surface area contributed by atoms with Crippen molar-refractivity contribution in [3.63, 3.8) is 0 Å². The SMILES string of the molecule is CC(C)S(=O)(=O)N[C]1CCCC[C@H]1Oc1ccc(Br)cc1.